The molecule has 1 fully saturated rings. The Hall–Kier alpha value is -3.11. The van der Waals surface area contributed by atoms with Gasteiger partial charge in [0.1, 0.15) is 0 Å². The molecule has 4 rings (SSSR count). The van der Waals surface area contributed by atoms with Gasteiger partial charge in [-0.2, -0.15) is 0 Å². The predicted molar refractivity (Wildman–Crippen MR) is 118 cm³/mol. The topological polar surface area (TPSA) is 32.7 Å². The Morgan fingerprint density at radius 2 is 1.57 bits per heavy atom. The average Bonchev–Trinajstić information content (AvgIpc) is 3.10. The van der Waals surface area contributed by atoms with Gasteiger partial charge in [0.25, 0.3) is 0 Å². The van der Waals surface area contributed by atoms with Crippen LogP contribution in [-0.2, 0) is 4.79 Å². The fourth-order valence-corrected chi connectivity index (χ4v) is 3.94. The molecule has 1 aliphatic heterocycles. The van der Waals surface area contributed by atoms with Crippen molar-refractivity contribution < 1.29 is 4.79 Å². The third kappa shape index (κ3) is 4.07. The van der Waals surface area contributed by atoms with Crippen molar-refractivity contribution >= 4 is 34.8 Å². The summed E-state index contributed by atoms with van der Waals surface area (Å²) < 4.78 is 0. The third-order valence-corrected chi connectivity index (χ3v) is 5.43. The monoisotopic (exact) mass is 384 g/mol. The molecule has 0 N–H and O–H groups in total. The summed E-state index contributed by atoms with van der Waals surface area (Å²) in [6.07, 6.45) is 2.01. The molecule has 138 valence electrons. The maximum atomic E-state index is 12.6. The van der Waals surface area contributed by atoms with E-state index in [2.05, 4.69) is 0 Å². The molecular formula is C24H20N2OS. The second-order valence-electron chi connectivity index (χ2n) is 6.53. The number of thioether (sulfide) groups is 1. The maximum absolute atomic E-state index is 12.6. The van der Waals surface area contributed by atoms with Gasteiger partial charge < -0.3 is 0 Å². The van der Waals surface area contributed by atoms with Crippen LogP contribution in [0.15, 0.2) is 101 Å². The molecule has 0 bridgehead atoms. The summed E-state index contributed by atoms with van der Waals surface area (Å²) in [4.78, 5) is 19.2. The number of anilines is 1. The third-order valence-electron chi connectivity index (χ3n) is 4.44. The smallest absolute Gasteiger partial charge is 0.242 e. The molecule has 0 atom stereocenters. The number of rotatable bonds is 4. The lowest BCUT2D eigenvalue weighted by molar-refractivity contribution is -0.115. The van der Waals surface area contributed by atoms with E-state index in [1.165, 1.54) is 5.56 Å². The molecule has 0 aliphatic carbocycles. The van der Waals surface area contributed by atoms with Crippen molar-refractivity contribution in [3.8, 4) is 0 Å². The van der Waals surface area contributed by atoms with Gasteiger partial charge in [-0.25, -0.2) is 4.99 Å². The van der Waals surface area contributed by atoms with Crippen molar-refractivity contribution in [1.29, 1.82) is 0 Å². The lowest BCUT2D eigenvalue weighted by Crippen LogP contribution is -2.24. The standard InChI is InChI=1S/C24H20N2OS/c1-18-12-14-21(15-13-18)26-23(27)17-28-24(26)16-22(19-8-4-2-5-9-19)25-20-10-6-3-7-11-20/h2-16H,17H2,1H3/b24-16-,25-22?. The van der Waals surface area contributed by atoms with Gasteiger partial charge in [0, 0.05) is 11.3 Å². The zero-order chi connectivity index (χ0) is 19.3. The van der Waals surface area contributed by atoms with Crippen LogP contribution < -0.4 is 4.90 Å². The molecule has 1 heterocycles. The number of carbonyl (C=O) groups is 1. The first-order valence-corrected chi connectivity index (χ1v) is 10.1. The van der Waals surface area contributed by atoms with E-state index in [0.29, 0.717) is 5.75 Å². The second-order valence-corrected chi connectivity index (χ2v) is 7.53. The van der Waals surface area contributed by atoms with Crippen LogP contribution in [0.25, 0.3) is 0 Å². The first-order valence-electron chi connectivity index (χ1n) is 9.14. The zero-order valence-electron chi connectivity index (χ0n) is 15.6. The predicted octanol–water partition coefficient (Wildman–Crippen LogP) is 5.74. The molecule has 1 saturated heterocycles. The SMILES string of the molecule is Cc1ccc(N2C(=O)CS/C2=C\C(=Nc2ccccc2)c2ccccc2)cc1. The summed E-state index contributed by atoms with van der Waals surface area (Å²) >= 11 is 1.55. The Labute approximate surface area is 169 Å². The van der Waals surface area contributed by atoms with Crippen molar-refractivity contribution in [2.45, 2.75) is 6.92 Å². The summed E-state index contributed by atoms with van der Waals surface area (Å²) in [5, 5.41) is 0.896. The van der Waals surface area contributed by atoms with Gasteiger partial charge in [0.2, 0.25) is 5.91 Å². The van der Waals surface area contributed by atoms with Crippen LogP contribution in [0, 0.1) is 6.92 Å². The Morgan fingerprint density at radius 3 is 2.25 bits per heavy atom. The van der Waals surface area contributed by atoms with Crippen molar-refractivity contribution in [2.24, 2.45) is 4.99 Å². The zero-order valence-corrected chi connectivity index (χ0v) is 16.4. The van der Waals surface area contributed by atoms with Crippen LogP contribution in [0.2, 0.25) is 0 Å². The lowest BCUT2D eigenvalue weighted by Gasteiger charge is -2.18. The Kier molecular flexibility index (Phi) is 5.40. The molecule has 0 spiro atoms. The van der Waals surface area contributed by atoms with Gasteiger partial charge in [-0.1, -0.05) is 78.0 Å². The number of allylic oxidation sites excluding steroid dienone is 1. The van der Waals surface area contributed by atoms with Crippen LogP contribution >= 0.6 is 11.8 Å². The minimum absolute atomic E-state index is 0.0900. The normalized spacial score (nSPS) is 16.0. The van der Waals surface area contributed by atoms with Crippen LogP contribution in [0.4, 0.5) is 11.4 Å². The number of carbonyl (C=O) groups excluding carboxylic acids is 1. The van der Waals surface area contributed by atoms with E-state index in [9.17, 15) is 4.79 Å². The van der Waals surface area contributed by atoms with E-state index in [-0.39, 0.29) is 5.91 Å². The molecule has 3 aromatic carbocycles. The van der Waals surface area contributed by atoms with Gasteiger partial charge in [-0.3, -0.25) is 9.69 Å². The minimum atomic E-state index is 0.0900. The Balaban J connectivity index is 1.78. The first kappa shape index (κ1) is 18.3. The number of hydrogen-bond acceptors (Lipinski definition) is 3. The van der Waals surface area contributed by atoms with Gasteiger partial charge in [-0.15, -0.1) is 0 Å². The van der Waals surface area contributed by atoms with Crippen LogP contribution in [0.3, 0.4) is 0 Å². The molecule has 3 aromatic rings. The molecule has 1 aliphatic rings. The van der Waals surface area contributed by atoms with Crippen molar-refractivity contribution in [3.05, 3.63) is 107 Å². The van der Waals surface area contributed by atoms with E-state index >= 15 is 0 Å². The number of aryl methyl sites for hydroxylation is 1. The van der Waals surface area contributed by atoms with Crippen LogP contribution in [0.5, 0.6) is 0 Å². The highest BCUT2D eigenvalue weighted by atomic mass is 32.2. The molecular weight excluding hydrogens is 364 g/mol. The number of para-hydroxylation sites is 1. The number of hydrogen-bond donors (Lipinski definition) is 0. The van der Waals surface area contributed by atoms with E-state index in [1.54, 1.807) is 16.7 Å². The molecule has 1 amide bonds. The van der Waals surface area contributed by atoms with E-state index < -0.39 is 0 Å². The molecule has 4 heteroatoms. The number of benzene rings is 3. The van der Waals surface area contributed by atoms with Crippen molar-refractivity contribution in [1.82, 2.24) is 0 Å². The fourth-order valence-electron chi connectivity index (χ4n) is 3.01. The number of nitrogens with zero attached hydrogens (tertiary/aromatic N) is 2. The van der Waals surface area contributed by atoms with Crippen molar-refractivity contribution in [3.63, 3.8) is 0 Å². The minimum Gasteiger partial charge on any atom is -0.274 e. The van der Waals surface area contributed by atoms with Crippen LogP contribution in [-0.4, -0.2) is 17.4 Å². The quantitative estimate of drug-likeness (QED) is 0.538. The van der Waals surface area contributed by atoms with E-state index in [1.807, 2.05) is 97.9 Å². The maximum Gasteiger partial charge on any atom is 0.242 e. The molecule has 0 radical (unpaired) electrons. The second kappa shape index (κ2) is 8.28. The highest BCUT2D eigenvalue weighted by molar-refractivity contribution is 8.04. The first-order chi connectivity index (χ1) is 13.7. The summed E-state index contributed by atoms with van der Waals surface area (Å²) in [6, 6.07) is 28.0. The lowest BCUT2D eigenvalue weighted by atomic mass is 10.1. The van der Waals surface area contributed by atoms with E-state index in [4.69, 9.17) is 4.99 Å². The molecule has 0 aromatic heterocycles. The van der Waals surface area contributed by atoms with Crippen molar-refractivity contribution in [2.75, 3.05) is 10.7 Å². The largest absolute Gasteiger partial charge is 0.274 e. The van der Waals surface area contributed by atoms with Gasteiger partial charge in [0.05, 0.1) is 22.2 Å². The Morgan fingerprint density at radius 1 is 0.929 bits per heavy atom. The fraction of sp³-hybridized carbons (Fsp3) is 0.0833. The number of amides is 1. The summed E-state index contributed by atoms with van der Waals surface area (Å²) in [5.41, 5.74) is 4.79. The molecule has 3 nitrogen and oxygen atoms in total. The summed E-state index contributed by atoms with van der Waals surface area (Å²) in [7, 11) is 0. The number of aliphatic imine (C=N–C) groups is 1. The van der Waals surface area contributed by atoms with Gasteiger partial charge in [-0.05, 0) is 37.3 Å². The Bertz CT molecular complexity index is 1030. The van der Waals surface area contributed by atoms with Gasteiger partial charge >= 0.3 is 0 Å². The summed E-state index contributed by atoms with van der Waals surface area (Å²) in [5.74, 6) is 0.528. The van der Waals surface area contributed by atoms with E-state index in [0.717, 1.165) is 27.7 Å². The molecule has 0 saturated carbocycles. The van der Waals surface area contributed by atoms with Gasteiger partial charge in [0.15, 0.2) is 0 Å². The highest BCUT2D eigenvalue weighted by Gasteiger charge is 2.28. The average molecular weight is 385 g/mol. The summed E-state index contributed by atoms with van der Waals surface area (Å²) in [6.45, 7) is 2.04. The highest BCUT2D eigenvalue weighted by Crippen LogP contribution is 2.34. The van der Waals surface area contributed by atoms with Crippen LogP contribution in [0.1, 0.15) is 11.1 Å². The molecule has 28 heavy (non-hydrogen) atoms. The molecule has 0 unspecified atom stereocenters.